The number of hydrogen-bond acceptors (Lipinski definition) is 1. The highest BCUT2D eigenvalue weighted by Gasteiger charge is 2.05. The molecule has 0 spiro atoms. The van der Waals surface area contributed by atoms with E-state index in [2.05, 4.69) is 50.4 Å². The van der Waals surface area contributed by atoms with Crippen molar-refractivity contribution in [3.8, 4) is 0 Å². The summed E-state index contributed by atoms with van der Waals surface area (Å²) in [5, 5.41) is 3.64. The number of aryl methyl sites for hydroxylation is 1. The van der Waals surface area contributed by atoms with Gasteiger partial charge < -0.3 is 5.32 Å². The lowest BCUT2D eigenvalue weighted by molar-refractivity contribution is 0.593. The highest BCUT2D eigenvalue weighted by Crippen LogP contribution is 2.15. The van der Waals surface area contributed by atoms with Crippen molar-refractivity contribution in [1.82, 2.24) is 0 Å². The van der Waals surface area contributed by atoms with Crippen molar-refractivity contribution >= 4 is 5.69 Å². The SMILES string of the molecule is CCCCC(CC)Nc1cccc(CC)c1. The van der Waals surface area contributed by atoms with Crippen molar-refractivity contribution in [2.75, 3.05) is 5.32 Å². The molecule has 1 unspecified atom stereocenters. The van der Waals surface area contributed by atoms with Crippen LogP contribution in [0.4, 0.5) is 5.69 Å². The second-order valence-corrected chi connectivity index (χ2v) is 4.45. The van der Waals surface area contributed by atoms with Crippen LogP contribution < -0.4 is 5.32 Å². The van der Waals surface area contributed by atoms with Gasteiger partial charge in [0.15, 0.2) is 0 Å². The van der Waals surface area contributed by atoms with Gasteiger partial charge in [-0.05, 0) is 37.0 Å². The maximum Gasteiger partial charge on any atom is 0.0345 e. The van der Waals surface area contributed by atoms with E-state index in [0.29, 0.717) is 6.04 Å². The van der Waals surface area contributed by atoms with Crippen LogP contribution in [0.3, 0.4) is 0 Å². The van der Waals surface area contributed by atoms with Gasteiger partial charge in [-0.1, -0.05) is 45.7 Å². The summed E-state index contributed by atoms with van der Waals surface area (Å²) in [6, 6.07) is 9.42. The molecule has 0 heterocycles. The Bertz CT molecular complexity index is 293. The zero-order chi connectivity index (χ0) is 11.8. The molecule has 1 nitrogen and oxygen atoms in total. The highest BCUT2D eigenvalue weighted by molar-refractivity contribution is 5.46. The van der Waals surface area contributed by atoms with Crippen molar-refractivity contribution in [2.24, 2.45) is 0 Å². The largest absolute Gasteiger partial charge is 0.382 e. The molecule has 0 amide bonds. The average Bonchev–Trinajstić information content (AvgIpc) is 2.34. The monoisotopic (exact) mass is 219 g/mol. The van der Waals surface area contributed by atoms with Crippen LogP contribution in [0, 0.1) is 0 Å². The van der Waals surface area contributed by atoms with Gasteiger partial charge in [0.25, 0.3) is 0 Å². The summed E-state index contributed by atoms with van der Waals surface area (Å²) in [5.41, 5.74) is 2.69. The number of anilines is 1. The van der Waals surface area contributed by atoms with Gasteiger partial charge in [-0.3, -0.25) is 0 Å². The molecule has 1 N–H and O–H groups in total. The van der Waals surface area contributed by atoms with Crippen molar-refractivity contribution in [1.29, 1.82) is 0 Å². The fourth-order valence-corrected chi connectivity index (χ4v) is 1.95. The normalized spacial score (nSPS) is 12.4. The maximum atomic E-state index is 3.64. The van der Waals surface area contributed by atoms with Crippen LogP contribution in [-0.2, 0) is 6.42 Å². The molecule has 0 bridgehead atoms. The molecular formula is C15H25N. The lowest BCUT2D eigenvalue weighted by Gasteiger charge is -2.18. The zero-order valence-electron chi connectivity index (χ0n) is 10.9. The molecule has 0 aliphatic rings. The molecule has 1 aromatic rings. The van der Waals surface area contributed by atoms with Gasteiger partial charge >= 0.3 is 0 Å². The lowest BCUT2D eigenvalue weighted by Crippen LogP contribution is -2.18. The van der Waals surface area contributed by atoms with E-state index in [1.807, 2.05) is 0 Å². The van der Waals surface area contributed by atoms with Crippen molar-refractivity contribution in [3.05, 3.63) is 29.8 Å². The van der Waals surface area contributed by atoms with Gasteiger partial charge in [0, 0.05) is 11.7 Å². The Morgan fingerprint density at radius 2 is 2.00 bits per heavy atom. The molecule has 1 aromatic carbocycles. The highest BCUT2D eigenvalue weighted by atomic mass is 14.9. The molecule has 0 aliphatic heterocycles. The minimum absolute atomic E-state index is 0.632. The van der Waals surface area contributed by atoms with Crippen LogP contribution in [0.15, 0.2) is 24.3 Å². The molecule has 0 saturated heterocycles. The predicted molar refractivity (Wildman–Crippen MR) is 73.0 cm³/mol. The van der Waals surface area contributed by atoms with E-state index < -0.39 is 0 Å². The molecule has 0 aromatic heterocycles. The Hall–Kier alpha value is -0.980. The molecule has 90 valence electrons. The number of rotatable bonds is 7. The smallest absolute Gasteiger partial charge is 0.0345 e. The fourth-order valence-electron chi connectivity index (χ4n) is 1.95. The second-order valence-electron chi connectivity index (χ2n) is 4.45. The summed E-state index contributed by atoms with van der Waals surface area (Å²) in [5.74, 6) is 0. The number of hydrogen-bond donors (Lipinski definition) is 1. The lowest BCUT2D eigenvalue weighted by atomic mass is 10.1. The molecule has 0 aliphatic carbocycles. The van der Waals surface area contributed by atoms with E-state index >= 15 is 0 Å². The van der Waals surface area contributed by atoms with Crippen LogP contribution >= 0.6 is 0 Å². The van der Waals surface area contributed by atoms with E-state index in [1.54, 1.807) is 0 Å². The second kappa shape index (κ2) is 7.32. The quantitative estimate of drug-likeness (QED) is 0.705. The Balaban J connectivity index is 2.55. The topological polar surface area (TPSA) is 12.0 Å². The molecular weight excluding hydrogens is 194 g/mol. The van der Waals surface area contributed by atoms with Crippen molar-refractivity contribution in [2.45, 2.75) is 58.9 Å². The first kappa shape index (κ1) is 13.1. The zero-order valence-corrected chi connectivity index (χ0v) is 10.9. The van der Waals surface area contributed by atoms with E-state index in [0.717, 1.165) is 6.42 Å². The summed E-state index contributed by atoms with van der Waals surface area (Å²) in [7, 11) is 0. The first-order valence-electron chi connectivity index (χ1n) is 6.65. The summed E-state index contributed by atoms with van der Waals surface area (Å²) >= 11 is 0. The van der Waals surface area contributed by atoms with Crippen LogP contribution in [0.25, 0.3) is 0 Å². The van der Waals surface area contributed by atoms with E-state index in [1.165, 1.54) is 36.9 Å². The molecule has 0 saturated carbocycles. The van der Waals surface area contributed by atoms with Crippen molar-refractivity contribution < 1.29 is 0 Å². The third kappa shape index (κ3) is 4.26. The number of unbranched alkanes of at least 4 members (excludes halogenated alkanes) is 1. The molecule has 0 fully saturated rings. The molecule has 1 rings (SSSR count). The minimum atomic E-state index is 0.632. The Morgan fingerprint density at radius 1 is 1.19 bits per heavy atom. The third-order valence-electron chi connectivity index (χ3n) is 3.10. The maximum absolute atomic E-state index is 3.64. The van der Waals surface area contributed by atoms with E-state index in [-0.39, 0.29) is 0 Å². The summed E-state index contributed by atoms with van der Waals surface area (Å²) in [6.07, 6.45) is 6.20. The van der Waals surface area contributed by atoms with Crippen LogP contribution in [0.2, 0.25) is 0 Å². The summed E-state index contributed by atoms with van der Waals surface area (Å²) in [4.78, 5) is 0. The molecule has 1 heteroatoms. The fraction of sp³-hybridized carbons (Fsp3) is 0.600. The van der Waals surface area contributed by atoms with Crippen LogP contribution in [-0.4, -0.2) is 6.04 Å². The number of nitrogens with one attached hydrogen (secondary N) is 1. The Morgan fingerprint density at radius 3 is 2.62 bits per heavy atom. The van der Waals surface area contributed by atoms with E-state index in [9.17, 15) is 0 Å². The van der Waals surface area contributed by atoms with Crippen LogP contribution in [0.1, 0.15) is 52.0 Å². The van der Waals surface area contributed by atoms with E-state index in [4.69, 9.17) is 0 Å². The first-order chi connectivity index (χ1) is 7.80. The van der Waals surface area contributed by atoms with Gasteiger partial charge in [0.2, 0.25) is 0 Å². The van der Waals surface area contributed by atoms with Crippen LogP contribution in [0.5, 0.6) is 0 Å². The van der Waals surface area contributed by atoms with Gasteiger partial charge in [0.05, 0.1) is 0 Å². The van der Waals surface area contributed by atoms with Gasteiger partial charge in [-0.2, -0.15) is 0 Å². The Labute approximate surface area is 100 Å². The summed E-state index contributed by atoms with van der Waals surface area (Å²) in [6.45, 7) is 6.72. The molecule has 16 heavy (non-hydrogen) atoms. The van der Waals surface area contributed by atoms with Crippen molar-refractivity contribution in [3.63, 3.8) is 0 Å². The predicted octanol–water partition coefficient (Wildman–Crippen LogP) is 4.63. The third-order valence-corrected chi connectivity index (χ3v) is 3.10. The standard InChI is InChI=1S/C15H25N/c1-4-7-10-14(6-3)16-15-11-8-9-13(5-2)12-15/h8-9,11-12,14,16H,4-7,10H2,1-3H3. The Kier molecular flexibility index (Phi) is 5.99. The van der Waals surface area contributed by atoms with Gasteiger partial charge in [0.1, 0.15) is 0 Å². The summed E-state index contributed by atoms with van der Waals surface area (Å²) < 4.78 is 0. The number of benzene rings is 1. The molecule has 1 atom stereocenters. The minimum Gasteiger partial charge on any atom is -0.382 e. The molecule has 0 radical (unpaired) electrons. The van der Waals surface area contributed by atoms with Gasteiger partial charge in [-0.15, -0.1) is 0 Å². The first-order valence-corrected chi connectivity index (χ1v) is 6.65. The van der Waals surface area contributed by atoms with Gasteiger partial charge in [-0.25, -0.2) is 0 Å². The average molecular weight is 219 g/mol.